The molecule has 2 aliphatic rings. The first-order valence-corrected chi connectivity index (χ1v) is 8.39. The van der Waals surface area contributed by atoms with Gasteiger partial charge in [0, 0.05) is 30.1 Å². The number of ether oxygens (including phenoxy) is 2. The van der Waals surface area contributed by atoms with Crippen LogP contribution in [0.1, 0.15) is 24.8 Å². The third-order valence-corrected chi connectivity index (χ3v) is 5.27. The summed E-state index contributed by atoms with van der Waals surface area (Å²) in [4.78, 5) is 2.43. The van der Waals surface area contributed by atoms with Gasteiger partial charge in [-0.15, -0.1) is 0 Å². The fraction of sp³-hybridized carbons (Fsp3) is 0.647. The number of methoxy groups -OCH3 is 1. The van der Waals surface area contributed by atoms with Gasteiger partial charge >= 0.3 is 0 Å². The van der Waals surface area contributed by atoms with Gasteiger partial charge in [0.15, 0.2) is 0 Å². The molecule has 3 unspecified atom stereocenters. The molecule has 0 aliphatic carbocycles. The summed E-state index contributed by atoms with van der Waals surface area (Å²) in [5.41, 5.74) is 1.08. The van der Waals surface area contributed by atoms with Crippen molar-refractivity contribution in [3.05, 3.63) is 28.8 Å². The maximum Gasteiger partial charge on any atom is 0.119 e. The van der Waals surface area contributed by atoms with Crippen molar-refractivity contribution in [2.24, 2.45) is 5.92 Å². The largest absolute Gasteiger partial charge is 0.497 e. The van der Waals surface area contributed by atoms with Crippen LogP contribution in [0.15, 0.2) is 18.2 Å². The number of benzene rings is 1. The molecule has 0 amide bonds. The van der Waals surface area contributed by atoms with Crippen molar-refractivity contribution in [1.82, 2.24) is 4.90 Å². The highest BCUT2D eigenvalue weighted by Gasteiger charge is 2.37. The normalized spacial score (nSPS) is 29.7. The number of likely N-dealkylation sites (tertiary alicyclic amines) is 1. The Morgan fingerprint density at radius 3 is 3.05 bits per heavy atom. The van der Waals surface area contributed by atoms with Gasteiger partial charge < -0.3 is 14.6 Å². The molecule has 0 saturated carbocycles. The molecule has 0 radical (unpaired) electrons. The van der Waals surface area contributed by atoms with E-state index in [4.69, 9.17) is 21.1 Å². The van der Waals surface area contributed by atoms with E-state index in [-0.39, 0.29) is 12.0 Å². The maximum atomic E-state index is 10.3. The van der Waals surface area contributed by atoms with Crippen LogP contribution in [0.4, 0.5) is 0 Å². The fourth-order valence-corrected chi connectivity index (χ4v) is 3.84. The Hall–Kier alpha value is -0.810. The maximum absolute atomic E-state index is 10.3. The first-order chi connectivity index (χ1) is 10.7. The summed E-state index contributed by atoms with van der Waals surface area (Å²) in [6, 6.07) is 6.15. The van der Waals surface area contributed by atoms with Gasteiger partial charge in [0.05, 0.1) is 19.8 Å². The lowest BCUT2D eigenvalue weighted by atomic mass is 9.89. The van der Waals surface area contributed by atoms with Gasteiger partial charge in [-0.05, 0) is 49.6 Å². The monoisotopic (exact) mass is 325 g/mol. The summed E-state index contributed by atoms with van der Waals surface area (Å²) >= 11 is 6.34. The predicted molar refractivity (Wildman–Crippen MR) is 86.4 cm³/mol. The molecule has 3 rings (SSSR count). The molecule has 1 N–H and O–H groups in total. The van der Waals surface area contributed by atoms with E-state index in [1.54, 1.807) is 7.11 Å². The van der Waals surface area contributed by atoms with Gasteiger partial charge in [0.25, 0.3) is 0 Å². The number of aliphatic hydroxyl groups excluding tert-OH is 1. The van der Waals surface area contributed by atoms with E-state index in [0.29, 0.717) is 19.3 Å². The Bertz CT molecular complexity index is 511. The fourth-order valence-electron chi connectivity index (χ4n) is 3.67. The van der Waals surface area contributed by atoms with Gasteiger partial charge in [-0.2, -0.15) is 0 Å². The Labute approximate surface area is 137 Å². The summed E-state index contributed by atoms with van der Waals surface area (Å²) < 4.78 is 10.9. The van der Waals surface area contributed by atoms with Gasteiger partial charge in [0.2, 0.25) is 0 Å². The molecule has 0 bridgehead atoms. The predicted octanol–water partition coefficient (Wildman–Crippen LogP) is 2.71. The zero-order valence-electron chi connectivity index (χ0n) is 13.0. The van der Waals surface area contributed by atoms with Crippen LogP contribution in [0.2, 0.25) is 5.02 Å². The molecule has 0 spiro atoms. The molecule has 0 aromatic heterocycles. The second kappa shape index (κ2) is 7.18. The second-order valence-corrected chi connectivity index (χ2v) is 6.64. The third kappa shape index (κ3) is 3.40. The van der Waals surface area contributed by atoms with Crippen LogP contribution >= 0.6 is 11.6 Å². The van der Waals surface area contributed by atoms with Gasteiger partial charge in [-0.1, -0.05) is 11.6 Å². The molecule has 22 heavy (non-hydrogen) atoms. The van der Waals surface area contributed by atoms with E-state index in [0.717, 1.165) is 48.7 Å². The minimum atomic E-state index is -0.250. The molecule has 1 aromatic rings. The zero-order valence-corrected chi connectivity index (χ0v) is 13.8. The van der Waals surface area contributed by atoms with Crippen LogP contribution in [-0.4, -0.2) is 49.0 Å². The molecule has 5 heteroatoms. The molecular weight excluding hydrogens is 302 g/mol. The summed E-state index contributed by atoms with van der Waals surface area (Å²) in [5.74, 6) is 1.04. The lowest BCUT2D eigenvalue weighted by molar-refractivity contribution is -0.0636. The summed E-state index contributed by atoms with van der Waals surface area (Å²) in [6.07, 6.45) is 2.77. The lowest BCUT2D eigenvalue weighted by Gasteiger charge is -2.37. The first-order valence-electron chi connectivity index (χ1n) is 8.01. The molecule has 1 aromatic carbocycles. The number of hydrogen-bond acceptors (Lipinski definition) is 4. The van der Waals surface area contributed by atoms with Crippen molar-refractivity contribution in [2.45, 2.75) is 38.0 Å². The standard InChI is InChI=1S/C17H24ClNO3/c1-21-13-4-5-15(18)12(9-13)10-19-7-2-3-16(19)14-11-22-8-6-17(14)20/h4-5,9,14,16-17,20H,2-3,6-8,10-11H2,1H3. The van der Waals surface area contributed by atoms with E-state index < -0.39 is 0 Å². The molecule has 2 heterocycles. The summed E-state index contributed by atoms with van der Waals surface area (Å²) in [5, 5.41) is 11.1. The minimum Gasteiger partial charge on any atom is -0.497 e. The molecule has 2 aliphatic heterocycles. The molecule has 2 fully saturated rings. The van der Waals surface area contributed by atoms with Crippen molar-refractivity contribution in [3.8, 4) is 5.75 Å². The molecule has 3 atom stereocenters. The van der Waals surface area contributed by atoms with Crippen molar-refractivity contribution in [3.63, 3.8) is 0 Å². The van der Waals surface area contributed by atoms with E-state index in [1.165, 1.54) is 0 Å². The molecule has 122 valence electrons. The van der Waals surface area contributed by atoms with Gasteiger partial charge in [-0.3, -0.25) is 4.90 Å². The Morgan fingerprint density at radius 1 is 1.41 bits per heavy atom. The van der Waals surface area contributed by atoms with Crippen LogP contribution in [0.5, 0.6) is 5.75 Å². The first kappa shape index (κ1) is 16.1. The highest BCUT2D eigenvalue weighted by atomic mass is 35.5. The van der Waals surface area contributed by atoms with Crippen LogP contribution < -0.4 is 4.74 Å². The lowest BCUT2D eigenvalue weighted by Crippen LogP contribution is -2.45. The van der Waals surface area contributed by atoms with Gasteiger partial charge in [0.1, 0.15) is 5.75 Å². The Kier molecular flexibility index (Phi) is 5.24. The van der Waals surface area contributed by atoms with Crippen LogP contribution in [0, 0.1) is 5.92 Å². The highest BCUT2D eigenvalue weighted by Crippen LogP contribution is 2.32. The van der Waals surface area contributed by atoms with Crippen molar-refractivity contribution in [2.75, 3.05) is 26.9 Å². The summed E-state index contributed by atoms with van der Waals surface area (Å²) in [6.45, 7) is 3.17. The average Bonchev–Trinajstić information content (AvgIpc) is 2.98. The quantitative estimate of drug-likeness (QED) is 0.924. The van der Waals surface area contributed by atoms with Crippen LogP contribution in [-0.2, 0) is 11.3 Å². The van der Waals surface area contributed by atoms with E-state index in [1.807, 2.05) is 18.2 Å². The smallest absolute Gasteiger partial charge is 0.119 e. The number of aliphatic hydroxyl groups is 1. The molecule has 4 nitrogen and oxygen atoms in total. The van der Waals surface area contributed by atoms with Crippen molar-refractivity contribution >= 4 is 11.6 Å². The zero-order chi connectivity index (χ0) is 15.5. The average molecular weight is 326 g/mol. The minimum absolute atomic E-state index is 0.209. The Morgan fingerprint density at radius 2 is 2.27 bits per heavy atom. The van der Waals surface area contributed by atoms with E-state index in [2.05, 4.69) is 4.90 Å². The number of halogens is 1. The number of nitrogens with zero attached hydrogens (tertiary/aromatic N) is 1. The second-order valence-electron chi connectivity index (χ2n) is 6.23. The van der Waals surface area contributed by atoms with E-state index in [9.17, 15) is 5.11 Å². The Balaban J connectivity index is 1.73. The van der Waals surface area contributed by atoms with Crippen LogP contribution in [0.25, 0.3) is 0 Å². The van der Waals surface area contributed by atoms with Gasteiger partial charge in [-0.25, -0.2) is 0 Å². The van der Waals surface area contributed by atoms with Crippen molar-refractivity contribution < 1.29 is 14.6 Å². The summed E-state index contributed by atoms with van der Waals surface area (Å²) in [7, 11) is 1.67. The SMILES string of the molecule is COc1ccc(Cl)c(CN2CCCC2C2COCCC2O)c1. The topological polar surface area (TPSA) is 41.9 Å². The van der Waals surface area contributed by atoms with Crippen molar-refractivity contribution in [1.29, 1.82) is 0 Å². The van der Waals surface area contributed by atoms with E-state index >= 15 is 0 Å². The number of hydrogen-bond donors (Lipinski definition) is 1. The highest BCUT2D eigenvalue weighted by molar-refractivity contribution is 6.31. The van der Waals surface area contributed by atoms with Crippen LogP contribution in [0.3, 0.4) is 0 Å². The third-order valence-electron chi connectivity index (χ3n) is 4.90. The molecule has 2 saturated heterocycles. The molecular formula is C17H24ClNO3. The number of rotatable bonds is 4.